The summed E-state index contributed by atoms with van der Waals surface area (Å²) in [5.74, 6) is 0.795. The van der Waals surface area contributed by atoms with Crippen molar-refractivity contribution in [3.8, 4) is 11.5 Å². The van der Waals surface area contributed by atoms with E-state index in [1.54, 1.807) is 4.90 Å². The number of nitrogens with two attached hydrogens (primary N) is 1. The highest BCUT2D eigenvalue weighted by molar-refractivity contribution is 5.76. The first-order chi connectivity index (χ1) is 21.8. The number of nitrogen functional groups attached to an aromatic ring is 1. The zero-order chi connectivity index (χ0) is 32.9. The maximum absolute atomic E-state index is 13.2. The molecule has 248 valence electrons. The number of benzene rings is 3. The van der Waals surface area contributed by atoms with E-state index in [-0.39, 0.29) is 30.1 Å². The standard InChI is InChI=1S/C33H36F6N4O3/c34-32(35,36)24-3-1-23(2-4-24)22-45-26-7-5-25(6-8-26)42-19-17-41(18-20-42)14-13-31(44)43-15-11-27(12-16-43)46-28-9-10-30(40)29(21-28)33(37,38)39/h1-10,21,27H,11-20,22,40H2. The van der Waals surface area contributed by atoms with Crippen LogP contribution in [0.1, 0.15) is 36.0 Å². The minimum Gasteiger partial charge on any atom is -0.490 e. The van der Waals surface area contributed by atoms with Gasteiger partial charge in [-0.3, -0.25) is 9.69 Å². The monoisotopic (exact) mass is 650 g/mol. The van der Waals surface area contributed by atoms with Crippen molar-refractivity contribution in [3.63, 3.8) is 0 Å². The Kier molecular flexibility index (Phi) is 10.2. The van der Waals surface area contributed by atoms with Crippen LogP contribution >= 0.6 is 0 Å². The van der Waals surface area contributed by atoms with E-state index in [2.05, 4.69) is 9.80 Å². The number of hydrogen-bond acceptors (Lipinski definition) is 6. The summed E-state index contributed by atoms with van der Waals surface area (Å²) in [4.78, 5) is 19.2. The molecule has 46 heavy (non-hydrogen) atoms. The summed E-state index contributed by atoms with van der Waals surface area (Å²) in [5, 5.41) is 0. The molecule has 0 aliphatic carbocycles. The molecule has 0 saturated carbocycles. The van der Waals surface area contributed by atoms with Gasteiger partial charge in [-0.25, -0.2) is 0 Å². The molecular formula is C33H36F6N4O3. The van der Waals surface area contributed by atoms with E-state index in [0.717, 1.165) is 50.1 Å². The van der Waals surface area contributed by atoms with Gasteiger partial charge >= 0.3 is 12.4 Å². The second kappa shape index (κ2) is 14.1. The lowest BCUT2D eigenvalue weighted by atomic mass is 10.1. The van der Waals surface area contributed by atoms with Crippen LogP contribution in [-0.2, 0) is 23.8 Å². The van der Waals surface area contributed by atoms with Crippen LogP contribution in [0.4, 0.5) is 37.7 Å². The third-order valence-corrected chi connectivity index (χ3v) is 8.33. The van der Waals surface area contributed by atoms with E-state index in [0.29, 0.717) is 50.2 Å². The van der Waals surface area contributed by atoms with Gasteiger partial charge in [-0.15, -0.1) is 0 Å². The van der Waals surface area contributed by atoms with Crippen LogP contribution in [0.5, 0.6) is 11.5 Å². The molecule has 0 radical (unpaired) electrons. The smallest absolute Gasteiger partial charge is 0.418 e. The van der Waals surface area contributed by atoms with Crippen LogP contribution in [0.15, 0.2) is 66.7 Å². The van der Waals surface area contributed by atoms with Crippen LogP contribution < -0.4 is 20.1 Å². The number of nitrogens with zero attached hydrogens (tertiary/aromatic N) is 3. The van der Waals surface area contributed by atoms with Gasteiger partial charge in [0.15, 0.2) is 0 Å². The molecule has 2 N–H and O–H groups in total. The molecule has 13 heteroatoms. The van der Waals surface area contributed by atoms with E-state index in [4.69, 9.17) is 15.2 Å². The Morgan fingerprint density at radius 3 is 2.02 bits per heavy atom. The number of piperazine rings is 1. The fourth-order valence-electron chi connectivity index (χ4n) is 5.62. The topological polar surface area (TPSA) is 71.3 Å². The summed E-state index contributed by atoms with van der Waals surface area (Å²) in [6.07, 6.45) is -7.73. The molecule has 5 rings (SSSR count). The maximum Gasteiger partial charge on any atom is 0.418 e. The Hall–Kier alpha value is -4.13. The van der Waals surface area contributed by atoms with E-state index in [1.165, 1.54) is 24.3 Å². The van der Waals surface area contributed by atoms with Gasteiger partial charge in [0, 0.05) is 76.5 Å². The quantitative estimate of drug-likeness (QED) is 0.212. The van der Waals surface area contributed by atoms with Crippen molar-refractivity contribution in [1.82, 2.24) is 9.80 Å². The first kappa shape index (κ1) is 33.2. The summed E-state index contributed by atoms with van der Waals surface area (Å²) >= 11 is 0. The predicted molar refractivity (Wildman–Crippen MR) is 162 cm³/mol. The number of rotatable bonds is 9. The number of ether oxygens (including phenoxy) is 2. The number of carbonyl (C=O) groups is 1. The van der Waals surface area contributed by atoms with Crippen LogP contribution in [0.3, 0.4) is 0 Å². The molecule has 7 nitrogen and oxygen atoms in total. The van der Waals surface area contributed by atoms with Gasteiger partial charge in [-0.1, -0.05) is 12.1 Å². The average molecular weight is 651 g/mol. The highest BCUT2D eigenvalue weighted by atomic mass is 19.4. The van der Waals surface area contributed by atoms with Gasteiger partial charge in [-0.05, 0) is 60.2 Å². The van der Waals surface area contributed by atoms with E-state index in [1.807, 2.05) is 24.3 Å². The second-order valence-corrected chi connectivity index (χ2v) is 11.5. The van der Waals surface area contributed by atoms with Crippen molar-refractivity contribution < 1.29 is 40.6 Å². The normalized spacial score (nSPS) is 16.8. The third kappa shape index (κ3) is 8.77. The van der Waals surface area contributed by atoms with E-state index >= 15 is 0 Å². The zero-order valence-corrected chi connectivity index (χ0v) is 25.1. The summed E-state index contributed by atoms with van der Waals surface area (Å²) in [7, 11) is 0. The molecule has 2 heterocycles. The minimum absolute atomic E-state index is 0.0552. The van der Waals surface area contributed by atoms with E-state index in [9.17, 15) is 31.1 Å². The SMILES string of the molecule is Nc1ccc(OC2CCN(C(=O)CCN3CCN(c4ccc(OCc5ccc(C(F)(F)F)cc5)cc4)CC3)CC2)cc1C(F)(F)F. The molecule has 3 aromatic rings. The molecule has 0 spiro atoms. The van der Waals surface area contributed by atoms with Crippen LogP contribution in [0, 0.1) is 0 Å². The van der Waals surface area contributed by atoms with Crippen LogP contribution in [0.25, 0.3) is 0 Å². The Labute approximate surface area is 263 Å². The van der Waals surface area contributed by atoms with Gasteiger partial charge < -0.3 is 25.0 Å². The van der Waals surface area contributed by atoms with Crippen molar-refractivity contribution in [1.29, 1.82) is 0 Å². The molecule has 2 fully saturated rings. The van der Waals surface area contributed by atoms with Crippen molar-refractivity contribution >= 4 is 17.3 Å². The van der Waals surface area contributed by atoms with Crippen LogP contribution in [-0.4, -0.2) is 67.6 Å². The lowest BCUT2D eigenvalue weighted by Crippen LogP contribution is -2.48. The number of alkyl halides is 6. The largest absolute Gasteiger partial charge is 0.490 e. The number of carbonyl (C=O) groups excluding carboxylic acids is 1. The molecule has 2 aliphatic rings. The summed E-state index contributed by atoms with van der Waals surface area (Å²) in [5.41, 5.74) is 5.19. The van der Waals surface area contributed by atoms with Gasteiger partial charge in [0.1, 0.15) is 24.2 Å². The molecule has 2 saturated heterocycles. The first-order valence-corrected chi connectivity index (χ1v) is 15.1. The Bertz CT molecular complexity index is 1450. The Morgan fingerprint density at radius 2 is 1.41 bits per heavy atom. The van der Waals surface area contributed by atoms with Gasteiger partial charge in [0.25, 0.3) is 0 Å². The van der Waals surface area contributed by atoms with Gasteiger partial charge in [-0.2, -0.15) is 26.3 Å². The number of hydrogen-bond donors (Lipinski definition) is 1. The Balaban J connectivity index is 0.993. The molecule has 0 bridgehead atoms. The lowest BCUT2D eigenvalue weighted by Gasteiger charge is -2.37. The van der Waals surface area contributed by atoms with Crippen LogP contribution in [0.2, 0.25) is 0 Å². The fraction of sp³-hybridized carbons (Fsp3) is 0.424. The molecule has 2 aliphatic heterocycles. The highest BCUT2D eigenvalue weighted by Crippen LogP contribution is 2.36. The zero-order valence-electron chi connectivity index (χ0n) is 25.1. The first-order valence-electron chi connectivity index (χ1n) is 15.1. The molecule has 1 amide bonds. The van der Waals surface area contributed by atoms with Crippen molar-refractivity contribution in [3.05, 3.63) is 83.4 Å². The lowest BCUT2D eigenvalue weighted by molar-refractivity contribution is -0.138. The molecular weight excluding hydrogens is 614 g/mol. The second-order valence-electron chi connectivity index (χ2n) is 11.5. The van der Waals surface area contributed by atoms with Crippen molar-refractivity contribution in [2.24, 2.45) is 0 Å². The van der Waals surface area contributed by atoms with Crippen molar-refractivity contribution in [2.45, 2.75) is 44.3 Å². The summed E-state index contributed by atoms with van der Waals surface area (Å²) < 4.78 is 89.2. The van der Waals surface area contributed by atoms with E-state index < -0.39 is 23.5 Å². The Morgan fingerprint density at radius 1 is 0.783 bits per heavy atom. The number of halogens is 6. The fourth-order valence-corrected chi connectivity index (χ4v) is 5.62. The molecule has 3 aromatic carbocycles. The number of amides is 1. The molecule has 0 unspecified atom stereocenters. The van der Waals surface area contributed by atoms with Gasteiger partial charge in [0.2, 0.25) is 5.91 Å². The average Bonchev–Trinajstić information content (AvgIpc) is 3.04. The highest BCUT2D eigenvalue weighted by Gasteiger charge is 2.34. The maximum atomic E-state index is 13.2. The number of likely N-dealkylation sites (tertiary alicyclic amines) is 1. The molecule has 0 atom stereocenters. The molecule has 0 aromatic heterocycles. The number of piperidine rings is 1. The summed E-state index contributed by atoms with van der Waals surface area (Å²) in [6.45, 7) is 4.98. The number of anilines is 2. The van der Waals surface area contributed by atoms with Crippen molar-refractivity contribution in [2.75, 3.05) is 56.4 Å². The third-order valence-electron chi connectivity index (χ3n) is 8.33. The summed E-state index contributed by atoms with van der Waals surface area (Å²) in [6, 6.07) is 16.1. The minimum atomic E-state index is -4.56. The van der Waals surface area contributed by atoms with Gasteiger partial charge in [0.05, 0.1) is 11.1 Å². The predicted octanol–water partition coefficient (Wildman–Crippen LogP) is 6.47.